The van der Waals surface area contributed by atoms with E-state index < -0.39 is 28.5 Å². The molecule has 0 radical (unpaired) electrons. The number of benzene rings is 3. The topological polar surface area (TPSA) is 86.8 Å². The fraction of sp³-hybridized carbons (Fsp3) is 0.375. The summed E-state index contributed by atoms with van der Waals surface area (Å²) in [6.45, 7) is 9.78. The van der Waals surface area contributed by atoms with Crippen molar-refractivity contribution in [2.75, 3.05) is 17.4 Å². The number of nitrogens with one attached hydrogen (secondary N) is 1. The zero-order chi connectivity index (χ0) is 29.3. The number of hydrogen-bond acceptors (Lipinski definition) is 4. The smallest absolute Gasteiger partial charge is 0.264 e. The Balaban J connectivity index is 2.06. The molecular weight excluding hydrogens is 522 g/mol. The zero-order valence-corrected chi connectivity index (χ0v) is 25.0. The first-order valence-corrected chi connectivity index (χ1v) is 15.3. The Morgan fingerprint density at radius 2 is 1.52 bits per heavy atom. The van der Waals surface area contributed by atoms with Gasteiger partial charge in [-0.3, -0.25) is 13.9 Å². The van der Waals surface area contributed by atoms with E-state index in [-0.39, 0.29) is 17.3 Å². The Hall–Kier alpha value is -3.65. The molecule has 0 saturated heterocycles. The molecule has 0 saturated carbocycles. The summed E-state index contributed by atoms with van der Waals surface area (Å²) in [4.78, 5) is 29.0. The molecule has 0 fully saturated rings. The van der Waals surface area contributed by atoms with Crippen molar-refractivity contribution in [1.29, 1.82) is 0 Å². The van der Waals surface area contributed by atoms with Crippen LogP contribution in [0.1, 0.15) is 55.4 Å². The molecule has 0 aliphatic heterocycles. The number of amides is 2. The van der Waals surface area contributed by atoms with Gasteiger partial charge in [-0.1, -0.05) is 80.4 Å². The molecule has 1 unspecified atom stereocenters. The molecule has 7 nitrogen and oxygen atoms in total. The molecule has 8 heteroatoms. The van der Waals surface area contributed by atoms with Crippen LogP contribution in [0.3, 0.4) is 0 Å². The van der Waals surface area contributed by atoms with E-state index in [1.54, 1.807) is 30.3 Å². The predicted octanol–water partition coefficient (Wildman–Crippen LogP) is 5.53. The third-order valence-corrected chi connectivity index (χ3v) is 8.71. The van der Waals surface area contributed by atoms with Gasteiger partial charge in [0.05, 0.1) is 10.6 Å². The van der Waals surface area contributed by atoms with Crippen molar-refractivity contribution in [2.24, 2.45) is 0 Å². The van der Waals surface area contributed by atoms with Crippen molar-refractivity contribution in [2.45, 2.75) is 71.4 Å². The maximum Gasteiger partial charge on any atom is 0.264 e. The molecule has 0 bridgehead atoms. The molecule has 3 aromatic rings. The third kappa shape index (κ3) is 7.72. The highest BCUT2D eigenvalue weighted by Gasteiger charge is 2.34. The maximum atomic E-state index is 14.1. The highest BCUT2D eigenvalue weighted by Crippen LogP contribution is 2.29. The van der Waals surface area contributed by atoms with E-state index in [1.807, 2.05) is 77.1 Å². The van der Waals surface area contributed by atoms with Crippen LogP contribution in [0.2, 0.25) is 0 Å². The predicted molar refractivity (Wildman–Crippen MR) is 161 cm³/mol. The van der Waals surface area contributed by atoms with Crippen LogP contribution in [-0.4, -0.2) is 44.3 Å². The molecule has 40 heavy (non-hydrogen) atoms. The minimum atomic E-state index is -4.10. The SMILES string of the molecule is CCCCNC(=O)C(CC)N(Cc1ccccc1)C(=O)CN(c1cc(C)ccc1C)S(=O)(=O)c1ccc(C)cc1. The second kappa shape index (κ2) is 14.1. The van der Waals surface area contributed by atoms with Crippen LogP contribution in [-0.2, 0) is 26.2 Å². The number of aryl methyl sites for hydroxylation is 3. The van der Waals surface area contributed by atoms with Crippen molar-refractivity contribution >= 4 is 27.5 Å². The summed E-state index contributed by atoms with van der Waals surface area (Å²) in [5, 5.41) is 2.95. The summed E-state index contributed by atoms with van der Waals surface area (Å²) in [6.07, 6.45) is 2.17. The van der Waals surface area contributed by atoms with E-state index in [1.165, 1.54) is 9.21 Å². The van der Waals surface area contributed by atoms with Crippen LogP contribution in [0, 0.1) is 20.8 Å². The van der Waals surface area contributed by atoms with Crippen LogP contribution in [0.25, 0.3) is 0 Å². The van der Waals surface area contributed by atoms with Gasteiger partial charge in [0.15, 0.2) is 0 Å². The number of carbonyl (C=O) groups is 2. The second-order valence-electron chi connectivity index (χ2n) is 10.2. The molecule has 1 atom stereocenters. The quantitative estimate of drug-likeness (QED) is 0.277. The summed E-state index contributed by atoms with van der Waals surface area (Å²) in [5.74, 6) is -0.683. The highest BCUT2D eigenvalue weighted by molar-refractivity contribution is 7.92. The van der Waals surface area contributed by atoms with Gasteiger partial charge in [-0.15, -0.1) is 0 Å². The summed E-state index contributed by atoms with van der Waals surface area (Å²) in [5.41, 5.74) is 3.83. The largest absolute Gasteiger partial charge is 0.354 e. The van der Waals surface area contributed by atoms with Crippen LogP contribution < -0.4 is 9.62 Å². The van der Waals surface area contributed by atoms with Crippen molar-refractivity contribution in [1.82, 2.24) is 10.2 Å². The van der Waals surface area contributed by atoms with Crippen LogP contribution in [0.4, 0.5) is 5.69 Å². The average molecular weight is 564 g/mol. The van der Waals surface area contributed by atoms with Crippen molar-refractivity contribution < 1.29 is 18.0 Å². The summed E-state index contributed by atoms with van der Waals surface area (Å²) in [6, 6.07) is 20.8. The minimum absolute atomic E-state index is 0.103. The Bertz CT molecular complexity index is 1390. The van der Waals surface area contributed by atoms with Gasteiger partial charge in [0.1, 0.15) is 12.6 Å². The van der Waals surface area contributed by atoms with Crippen molar-refractivity contribution in [3.8, 4) is 0 Å². The van der Waals surface area contributed by atoms with Crippen LogP contribution in [0.5, 0.6) is 0 Å². The Labute approximate surface area is 239 Å². The molecule has 3 rings (SSSR count). The first-order valence-electron chi connectivity index (χ1n) is 13.9. The van der Waals surface area contributed by atoms with Gasteiger partial charge in [0.25, 0.3) is 10.0 Å². The van der Waals surface area contributed by atoms with Gasteiger partial charge in [-0.05, 0) is 68.5 Å². The zero-order valence-electron chi connectivity index (χ0n) is 24.2. The number of hydrogen-bond donors (Lipinski definition) is 1. The van der Waals surface area contributed by atoms with Gasteiger partial charge in [-0.2, -0.15) is 0 Å². The highest BCUT2D eigenvalue weighted by atomic mass is 32.2. The molecule has 2 amide bonds. The molecular formula is C32H41N3O4S. The second-order valence-corrected chi connectivity index (χ2v) is 12.1. The average Bonchev–Trinajstić information content (AvgIpc) is 2.93. The summed E-state index contributed by atoms with van der Waals surface area (Å²) in [7, 11) is -4.10. The maximum absolute atomic E-state index is 14.1. The molecule has 0 aliphatic rings. The molecule has 3 aromatic carbocycles. The van der Waals surface area contributed by atoms with Gasteiger partial charge < -0.3 is 10.2 Å². The van der Waals surface area contributed by atoms with E-state index in [0.29, 0.717) is 18.7 Å². The first-order chi connectivity index (χ1) is 19.1. The number of nitrogens with zero attached hydrogens (tertiary/aromatic N) is 2. The normalized spacial score (nSPS) is 12.0. The Kier molecular flexibility index (Phi) is 10.9. The van der Waals surface area contributed by atoms with E-state index in [4.69, 9.17) is 0 Å². The molecule has 0 aliphatic carbocycles. The number of anilines is 1. The monoisotopic (exact) mass is 563 g/mol. The molecule has 0 spiro atoms. The first kappa shape index (κ1) is 30.9. The van der Waals surface area contributed by atoms with Crippen molar-refractivity contribution in [3.63, 3.8) is 0 Å². The minimum Gasteiger partial charge on any atom is -0.354 e. The lowest BCUT2D eigenvalue weighted by Crippen LogP contribution is -2.52. The third-order valence-electron chi connectivity index (χ3n) is 6.93. The lowest BCUT2D eigenvalue weighted by Gasteiger charge is -2.33. The Morgan fingerprint density at radius 3 is 2.15 bits per heavy atom. The summed E-state index contributed by atoms with van der Waals surface area (Å²) < 4.78 is 29.3. The van der Waals surface area contributed by atoms with Gasteiger partial charge >= 0.3 is 0 Å². The van der Waals surface area contributed by atoms with E-state index >= 15 is 0 Å². The Morgan fingerprint density at radius 1 is 0.875 bits per heavy atom. The number of rotatable bonds is 13. The van der Waals surface area contributed by atoms with Crippen LogP contribution in [0.15, 0.2) is 77.7 Å². The standard InChI is InChI=1S/C32H41N3O4S/c1-6-8-20-33-32(37)29(7-2)34(22-27-12-10-9-11-13-27)31(36)23-35(30-21-25(4)14-17-26(30)5)40(38,39)28-18-15-24(3)16-19-28/h9-19,21,29H,6-8,20,22-23H2,1-5H3,(H,33,37). The van der Waals surface area contributed by atoms with Gasteiger partial charge in [-0.25, -0.2) is 8.42 Å². The number of unbranched alkanes of at least 4 members (excludes halogenated alkanes) is 1. The van der Waals surface area contributed by atoms with Gasteiger partial charge in [0, 0.05) is 13.1 Å². The number of carbonyl (C=O) groups excluding carboxylic acids is 2. The molecule has 0 heterocycles. The lowest BCUT2D eigenvalue weighted by atomic mass is 10.1. The van der Waals surface area contributed by atoms with Crippen molar-refractivity contribution in [3.05, 3.63) is 95.1 Å². The summed E-state index contributed by atoms with van der Waals surface area (Å²) >= 11 is 0. The van der Waals surface area contributed by atoms with E-state index in [9.17, 15) is 18.0 Å². The fourth-order valence-corrected chi connectivity index (χ4v) is 6.02. The molecule has 0 aromatic heterocycles. The number of sulfonamides is 1. The molecule has 1 N–H and O–H groups in total. The van der Waals surface area contributed by atoms with E-state index in [0.717, 1.165) is 35.1 Å². The van der Waals surface area contributed by atoms with Crippen LogP contribution >= 0.6 is 0 Å². The van der Waals surface area contributed by atoms with E-state index in [2.05, 4.69) is 5.32 Å². The fourth-order valence-electron chi connectivity index (χ4n) is 4.54. The lowest BCUT2D eigenvalue weighted by molar-refractivity contribution is -0.140. The molecule has 214 valence electrons. The van der Waals surface area contributed by atoms with Gasteiger partial charge in [0.2, 0.25) is 11.8 Å².